The van der Waals surface area contributed by atoms with Crippen molar-refractivity contribution in [1.29, 1.82) is 0 Å². The molecule has 0 spiro atoms. The van der Waals surface area contributed by atoms with Crippen LogP contribution in [0.3, 0.4) is 0 Å². The molecule has 2 atom stereocenters. The van der Waals surface area contributed by atoms with Gasteiger partial charge < -0.3 is 9.84 Å². The molecule has 0 saturated carbocycles. The predicted octanol–water partition coefficient (Wildman–Crippen LogP) is 1.48. The van der Waals surface area contributed by atoms with Crippen molar-refractivity contribution in [2.75, 3.05) is 12.9 Å². The van der Waals surface area contributed by atoms with Gasteiger partial charge in [-0.05, 0) is 6.07 Å². The van der Waals surface area contributed by atoms with Crippen molar-refractivity contribution in [1.82, 2.24) is 5.32 Å². The van der Waals surface area contributed by atoms with Gasteiger partial charge in [0.1, 0.15) is 5.75 Å². The van der Waals surface area contributed by atoms with Crippen LogP contribution in [0.4, 0.5) is 0 Å². The van der Waals surface area contributed by atoms with Gasteiger partial charge in [-0.3, -0.25) is 5.32 Å². The Hall–Kier alpha value is -1.20. The third-order valence-electron chi connectivity index (χ3n) is 2.52. The van der Waals surface area contributed by atoms with Crippen LogP contribution in [0.1, 0.15) is 11.6 Å². The molecule has 0 amide bonds. The van der Waals surface area contributed by atoms with E-state index in [9.17, 15) is 4.79 Å². The molecule has 0 aliphatic carbocycles. The Balaban J connectivity index is 2.17. The maximum atomic E-state index is 10.8. The van der Waals surface area contributed by atoms with Crippen LogP contribution in [-0.4, -0.2) is 29.3 Å². The third-order valence-corrected chi connectivity index (χ3v) is 3.72. The summed E-state index contributed by atoms with van der Waals surface area (Å²) >= 11 is 1.41. The van der Waals surface area contributed by atoms with E-state index in [1.807, 2.05) is 24.3 Å². The monoisotopic (exact) mass is 239 g/mol. The summed E-state index contributed by atoms with van der Waals surface area (Å²) in [6, 6.07) is 7.72. The fourth-order valence-electron chi connectivity index (χ4n) is 1.75. The summed E-state index contributed by atoms with van der Waals surface area (Å²) in [6.07, 6.45) is 0. The highest BCUT2D eigenvalue weighted by Gasteiger charge is 2.31. The van der Waals surface area contributed by atoms with Gasteiger partial charge in [0.15, 0.2) is 5.37 Å². The lowest BCUT2D eigenvalue weighted by Gasteiger charge is -2.14. The fraction of sp³-hybridized carbons (Fsp3) is 0.364. The lowest BCUT2D eigenvalue weighted by atomic mass is 10.1. The topological polar surface area (TPSA) is 58.6 Å². The number of rotatable bonds is 3. The molecule has 2 N–H and O–H groups in total. The normalized spacial score (nSPS) is 24.3. The number of thioether (sulfide) groups is 1. The summed E-state index contributed by atoms with van der Waals surface area (Å²) in [5, 5.41) is 11.4. The maximum absolute atomic E-state index is 10.8. The Morgan fingerprint density at radius 2 is 2.31 bits per heavy atom. The highest BCUT2D eigenvalue weighted by Crippen LogP contribution is 2.33. The van der Waals surface area contributed by atoms with Crippen LogP contribution in [0.2, 0.25) is 0 Å². The maximum Gasteiger partial charge on any atom is 0.331 e. The zero-order valence-electron chi connectivity index (χ0n) is 8.84. The molecular weight excluding hydrogens is 226 g/mol. The quantitative estimate of drug-likeness (QED) is 0.836. The summed E-state index contributed by atoms with van der Waals surface area (Å²) in [5.41, 5.74) is 1.02. The van der Waals surface area contributed by atoms with Crippen molar-refractivity contribution in [3.05, 3.63) is 29.8 Å². The molecule has 1 aliphatic heterocycles. The molecule has 1 saturated heterocycles. The molecule has 4 nitrogen and oxygen atoms in total. The number of carbonyl (C=O) groups is 1. The Morgan fingerprint density at radius 3 is 2.94 bits per heavy atom. The number of hydrogen-bond donors (Lipinski definition) is 2. The second-order valence-corrected chi connectivity index (χ2v) is 4.65. The van der Waals surface area contributed by atoms with Crippen molar-refractivity contribution in [3.63, 3.8) is 0 Å². The van der Waals surface area contributed by atoms with Gasteiger partial charge in [-0.1, -0.05) is 18.2 Å². The number of ether oxygens (including phenoxy) is 1. The van der Waals surface area contributed by atoms with Gasteiger partial charge in [0.05, 0.1) is 7.11 Å². The summed E-state index contributed by atoms with van der Waals surface area (Å²) < 4.78 is 5.26. The Labute approximate surface area is 98.0 Å². The number of aliphatic carboxylic acids is 1. The van der Waals surface area contributed by atoms with E-state index in [2.05, 4.69) is 5.32 Å². The van der Waals surface area contributed by atoms with Gasteiger partial charge in [-0.25, -0.2) is 4.79 Å². The van der Waals surface area contributed by atoms with E-state index < -0.39 is 11.3 Å². The minimum absolute atomic E-state index is 0.0437. The molecule has 2 unspecified atom stereocenters. The number of benzene rings is 1. The molecule has 2 rings (SSSR count). The smallest absolute Gasteiger partial charge is 0.331 e. The number of hydrogen-bond acceptors (Lipinski definition) is 4. The molecule has 0 aromatic heterocycles. The number of para-hydroxylation sites is 1. The van der Waals surface area contributed by atoms with E-state index in [0.29, 0.717) is 0 Å². The first-order valence-electron chi connectivity index (χ1n) is 4.95. The molecule has 0 bridgehead atoms. The van der Waals surface area contributed by atoms with Crippen LogP contribution in [0.15, 0.2) is 24.3 Å². The molecule has 0 radical (unpaired) electrons. The lowest BCUT2D eigenvalue weighted by molar-refractivity contribution is -0.137. The van der Waals surface area contributed by atoms with E-state index in [-0.39, 0.29) is 6.04 Å². The largest absolute Gasteiger partial charge is 0.496 e. The van der Waals surface area contributed by atoms with Gasteiger partial charge in [0, 0.05) is 17.4 Å². The first kappa shape index (κ1) is 11.3. The van der Waals surface area contributed by atoms with Crippen LogP contribution < -0.4 is 10.1 Å². The molecule has 86 valence electrons. The lowest BCUT2D eigenvalue weighted by Crippen LogP contribution is -2.30. The van der Waals surface area contributed by atoms with Crippen LogP contribution in [-0.2, 0) is 4.79 Å². The minimum Gasteiger partial charge on any atom is -0.496 e. The number of nitrogens with one attached hydrogen (secondary N) is 1. The first-order valence-corrected chi connectivity index (χ1v) is 6.00. The van der Waals surface area contributed by atoms with Crippen molar-refractivity contribution in [2.24, 2.45) is 0 Å². The molecule has 1 aliphatic rings. The average molecular weight is 239 g/mol. The highest BCUT2D eigenvalue weighted by atomic mass is 32.2. The van der Waals surface area contributed by atoms with E-state index in [0.717, 1.165) is 17.1 Å². The number of methoxy groups -OCH3 is 1. The van der Waals surface area contributed by atoms with Crippen molar-refractivity contribution in [2.45, 2.75) is 11.4 Å². The van der Waals surface area contributed by atoms with E-state index in [1.54, 1.807) is 7.11 Å². The molecule has 1 aromatic carbocycles. The fourth-order valence-corrected chi connectivity index (χ4v) is 2.81. The van der Waals surface area contributed by atoms with E-state index in [1.165, 1.54) is 11.8 Å². The SMILES string of the molecule is COc1ccccc1C1CSC(C(=O)O)N1. The Kier molecular flexibility index (Phi) is 3.36. The number of carboxylic acid groups (broad SMARTS) is 1. The van der Waals surface area contributed by atoms with Gasteiger partial charge in [0.25, 0.3) is 0 Å². The van der Waals surface area contributed by atoms with E-state index in [4.69, 9.17) is 9.84 Å². The molecular formula is C11H13NO3S. The van der Waals surface area contributed by atoms with E-state index >= 15 is 0 Å². The van der Waals surface area contributed by atoms with Gasteiger partial charge >= 0.3 is 5.97 Å². The zero-order valence-corrected chi connectivity index (χ0v) is 9.66. The van der Waals surface area contributed by atoms with Crippen LogP contribution in [0, 0.1) is 0 Å². The van der Waals surface area contributed by atoms with Crippen molar-refractivity contribution >= 4 is 17.7 Å². The molecule has 5 heteroatoms. The van der Waals surface area contributed by atoms with Crippen LogP contribution >= 0.6 is 11.8 Å². The zero-order chi connectivity index (χ0) is 11.5. The third kappa shape index (κ3) is 2.15. The minimum atomic E-state index is -0.817. The molecule has 1 aromatic rings. The summed E-state index contributed by atoms with van der Waals surface area (Å²) in [5.74, 6) is 0.728. The predicted molar refractivity (Wildman–Crippen MR) is 62.8 cm³/mol. The summed E-state index contributed by atoms with van der Waals surface area (Å²) in [7, 11) is 1.62. The van der Waals surface area contributed by atoms with Crippen molar-refractivity contribution in [3.8, 4) is 5.75 Å². The standard InChI is InChI=1S/C11H13NO3S/c1-15-9-5-3-2-4-7(9)8-6-16-10(12-8)11(13)14/h2-5,8,10,12H,6H2,1H3,(H,13,14). The first-order chi connectivity index (χ1) is 7.72. The van der Waals surface area contributed by atoms with Gasteiger partial charge in [-0.2, -0.15) is 0 Å². The Bertz CT molecular complexity index is 397. The molecule has 1 fully saturated rings. The highest BCUT2D eigenvalue weighted by molar-refractivity contribution is 8.00. The average Bonchev–Trinajstić information content (AvgIpc) is 2.78. The van der Waals surface area contributed by atoms with Crippen LogP contribution in [0.5, 0.6) is 5.75 Å². The Morgan fingerprint density at radius 1 is 1.56 bits per heavy atom. The second-order valence-electron chi connectivity index (χ2n) is 3.51. The van der Waals surface area contributed by atoms with Gasteiger partial charge in [0.2, 0.25) is 0 Å². The van der Waals surface area contributed by atoms with Crippen molar-refractivity contribution < 1.29 is 14.6 Å². The summed E-state index contributed by atoms with van der Waals surface area (Å²) in [6.45, 7) is 0. The number of carboxylic acids is 1. The second kappa shape index (κ2) is 4.76. The summed E-state index contributed by atoms with van der Waals surface area (Å²) in [4.78, 5) is 10.8. The van der Waals surface area contributed by atoms with Gasteiger partial charge in [-0.15, -0.1) is 11.8 Å². The molecule has 1 heterocycles. The molecule has 16 heavy (non-hydrogen) atoms. The van der Waals surface area contributed by atoms with Crippen LogP contribution in [0.25, 0.3) is 0 Å².